The number of esters is 1. The highest BCUT2D eigenvalue weighted by Gasteiger charge is 2.26. The Morgan fingerprint density at radius 3 is 2.42 bits per heavy atom. The summed E-state index contributed by atoms with van der Waals surface area (Å²) in [6.45, 7) is 0. The number of fused-ring (bicyclic) bond motifs is 1. The normalized spacial score (nSPS) is 13.7. The van der Waals surface area contributed by atoms with Gasteiger partial charge in [0.1, 0.15) is 5.56 Å². The average molecular weight is 349 g/mol. The van der Waals surface area contributed by atoms with Gasteiger partial charge >= 0.3 is 5.97 Å². The molecule has 3 aromatic rings. The molecule has 1 aromatic heterocycles. The fourth-order valence-electron chi connectivity index (χ4n) is 3.28. The Morgan fingerprint density at radius 2 is 1.81 bits per heavy atom. The number of nitrogen functional groups attached to an aromatic ring is 2. The zero-order chi connectivity index (χ0) is 18.4. The zero-order valence-electron chi connectivity index (χ0n) is 14.4. The molecule has 1 heterocycles. The summed E-state index contributed by atoms with van der Waals surface area (Å²) in [5.41, 5.74) is 14.5. The van der Waals surface area contributed by atoms with E-state index in [9.17, 15) is 9.59 Å². The van der Waals surface area contributed by atoms with Crippen LogP contribution in [0.25, 0.3) is 16.6 Å². The predicted octanol–water partition coefficient (Wildman–Crippen LogP) is 2.82. The van der Waals surface area contributed by atoms with Crippen LogP contribution in [0.1, 0.15) is 34.7 Å². The number of benzene rings is 2. The Kier molecular flexibility index (Phi) is 3.68. The van der Waals surface area contributed by atoms with Gasteiger partial charge in [-0.05, 0) is 54.7 Å². The number of pyridine rings is 1. The Labute approximate surface area is 150 Å². The van der Waals surface area contributed by atoms with E-state index in [4.69, 9.17) is 16.2 Å². The van der Waals surface area contributed by atoms with E-state index in [1.807, 2.05) is 18.2 Å². The summed E-state index contributed by atoms with van der Waals surface area (Å²) < 4.78 is 6.28. The van der Waals surface area contributed by atoms with E-state index in [2.05, 4.69) is 0 Å². The number of rotatable bonds is 3. The smallest absolute Gasteiger partial charge is 0.345 e. The Hall–Kier alpha value is -3.28. The molecule has 0 unspecified atom stereocenters. The van der Waals surface area contributed by atoms with E-state index in [0.29, 0.717) is 28.2 Å². The lowest BCUT2D eigenvalue weighted by Gasteiger charge is -2.16. The molecule has 26 heavy (non-hydrogen) atoms. The fourth-order valence-corrected chi connectivity index (χ4v) is 3.28. The molecule has 0 saturated heterocycles. The van der Waals surface area contributed by atoms with E-state index in [1.54, 1.807) is 24.3 Å². The molecule has 0 aliphatic heterocycles. The molecule has 1 saturated carbocycles. The summed E-state index contributed by atoms with van der Waals surface area (Å²) in [6.07, 6.45) is 2.29. The second-order valence-electron chi connectivity index (χ2n) is 6.56. The third kappa shape index (κ3) is 2.50. The Balaban J connectivity index is 2.11. The van der Waals surface area contributed by atoms with Gasteiger partial charge in [0.05, 0.1) is 18.3 Å². The average Bonchev–Trinajstić information content (AvgIpc) is 3.48. The topological polar surface area (TPSA) is 100 Å². The van der Waals surface area contributed by atoms with Crippen molar-refractivity contribution in [3.8, 4) is 5.69 Å². The molecule has 1 fully saturated rings. The standard InChI is InChI=1S/C20H19N3O3/c1-26-20(25)17-18(22)15-9-4-12(11-2-3-11)10-16(15)23(19(17)24)14-7-5-13(21)6-8-14/h4-11H,2-3,21-22H2,1H3. The summed E-state index contributed by atoms with van der Waals surface area (Å²) in [7, 11) is 1.23. The summed E-state index contributed by atoms with van der Waals surface area (Å²) >= 11 is 0. The molecule has 132 valence electrons. The summed E-state index contributed by atoms with van der Waals surface area (Å²) in [6, 6.07) is 12.8. The van der Waals surface area contributed by atoms with Gasteiger partial charge in [-0.15, -0.1) is 0 Å². The third-order valence-corrected chi connectivity index (χ3v) is 4.83. The number of aromatic nitrogens is 1. The first-order valence-corrected chi connectivity index (χ1v) is 8.43. The first-order valence-electron chi connectivity index (χ1n) is 8.43. The number of carbonyl (C=O) groups excluding carboxylic acids is 1. The van der Waals surface area contributed by atoms with Crippen molar-refractivity contribution < 1.29 is 9.53 Å². The number of nitrogens with two attached hydrogens (primary N) is 2. The SMILES string of the molecule is COC(=O)c1c(N)c2ccc(C3CC3)cc2n(-c2ccc(N)cc2)c1=O. The molecule has 6 nitrogen and oxygen atoms in total. The van der Waals surface area contributed by atoms with Crippen LogP contribution in [0.15, 0.2) is 47.3 Å². The maximum absolute atomic E-state index is 13.1. The molecule has 1 aliphatic carbocycles. The number of nitrogens with zero attached hydrogens (tertiary/aromatic N) is 1. The van der Waals surface area contributed by atoms with Crippen LogP contribution in [-0.4, -0.2) is 17.6 Å². The summed E-state index contributed by atoms with van der Waals surface area (Å²) in [4.78, 5) is 25.3. The fraction of sp³-hybridized carbons (Fsp3) is 0.200. The second-order valence-corrected chi connectivity index (χ2v) is 6.56. The largest absolute Gasteiger partial charge is 0.465 e. The van der Waals surface area contributed by atoms with Crippen LogP contribution in [0, 0.1) is 0 Å². The minimum Gasteiger partial charge on any atom is -0.465 e. The van der Waals surface area contributed by atoms with E-state index in [1.165, 1.54) is 17.2 Å². The van der Waals surface area contributed by atoms with Crippen molar-refractivity contribution in [1.29, 1.82) is 0 Å². The van der Waals surface area contributed by atoms with Crippen molar-refractivity contribution in [3.63, 3.8) is 0 Å². The quantitative estimate of drug-likeness (QED) is 0.559. The van der Waals surface area contributed by atoms with Crippen molar-refractivity contribution in [2.45, 2.75) is 18.8 Å². The first-order chi connectivity index (χ1) is 12.5. The predicted molar refractivity (Wildman–Crippen MR) is 102 cm³/mol. The van der Waals surface area contributed by atoms with Crippen molar-refractivity contribution in [3.05, 3.63) is 63.9 Å². The van der Waals surface area contributed by atoms with Gasteiger partial charge in [-0.1, -0.05) is 12.1 Å². The van der Waals surface area contributed by atoms with Crippen molar-refractivity contribution in [2.75, 3.05) is 18.6 Å². The van der Waals surface area contributed by atoms with Gasteiger partial charge in [0.15, 0.2) is 0 Å². The number of anilines is 2. The number of carbonyl (C=O) groups is 1. The van der Waals surface area contributed by atoms with Crippen LogP contribution in [0.4, 0.5) is 11.4 Å². The van der Waals surface area contributed by atoms with Gasteiger partial charge in [0.25, 0.3) is 5.56 Å². The summed E-state index contributed by atoms with van der Waals surface area (Å²) in [5, 5.41) is 0.645. The molecule has 0 atom stereocenters. The van der Waals surface area contributed by atoms with Gasteiger partial charge < -0.3 is 16.2 Å². The van der Waals surface area contributed by atoms with Crippen molar-refractivity contribution in [2.24, 2.45) is 0 Å². The molecule has 4 rings (SSSR count). The van der Waals surface area contributed by atoms with Gasteiger partial charge in [0, 0.05) is 16.8 Å². The van der Waals surface area contributed by atoms with Crippen molar-refractivity contribution in [1.82, 2.24) is 4.57 Å². The molecule has 0 radical (unpaired) electrons. The van der Waals surface area contributed by atoms with Gasteiger partial charge in [0.2, 0.25) is 0 Å². The minimum absolute atomic E-state index is 0.144. The lowest BCUT2D eigenvalue weighted by Crippen LogP contribution is -2.28. The van der Waals surface area contributed by atoms with Gasteiger partial charge in [-0.25, -0.2) is 4.79 Å². The maximum atomic E-state index is 13.1. The lowest BCUT2D eigenvalue weighted by molar-refractivity contribution is 0.0600. The molecule has 2 aromatic carbocycles. The molecule has 0 spiro atoms. The van der Waals surface area contributed by atoms with Crippen LogP contribution in [0.3, 0.4) is 0 Å². The third-order valence-electron chi connectivity index (χ3n) is 4.83. The van der Waals surface area contributed by atoms with Crippen molar-refractivity contribution >= 4 is 28.2 Å². The van der Waals surface area contributed by atoms with Crippen LogP contribution in [-0.2, 0) is 4.74 Å². The molecule has 0 bridgehead atoms. The minimum atomic E-state index is -0.745. The number of methoxy groups -OCH3 is 1. The molecule has 4 N–H and O–H groups in total. The number of hydrogen-bond acceptors (Lipinski definition) is 5. The van der Waals surface area contributed by atoms with E-state index in [0.717, 1.165) is 12.8 Å². The van der Waals surface area contributed by atoms with Gasteiger partial charge in [-0.2, -0.15) is 0 Å². The molecular formula is C20H19N3O3. The molecule has 6 heteroatoms. The molecule has 1 aliphatic rings. The Bertz CT molecular complexity index is 1080. The van der Waals surface area contributed by atoms with Crippen LogP contribution in [0.5, 0.6) is 0 Å². The number of ether oxygens (including phenoxy) is 1. The highest BCUT2D eigenvalue weighted by molar-refractivity contribution is 6.04. The molecule has 0 amide bonds. The number of hydrogen-bond donors (Lipinski definition) is 2. The van der Waals surface area contributed by atoms with E-state index >= 15 is 0 Å². The van der Waals surface area contributed by atoms with Crippen LogP contribution in [0.2, 0.25) is 0 Å². The van der Waals surface area contributed by atoms with Gasteiger partial charge in [-0.3, -0.25) is 9.36 Å². The Morgan fingerprint density at radius 1 is 1.12 bits per heavy atom. The van der Waals surface area contributed by atoms with E-state index < -0.39 is 11.5 Å². The van der Waals surface area contributed by atoms with Crippen LogP contribution >= 0.6 is 0 Å². The highest BCUT2D eigenvalue weighted by atomic mass is 16.5. The first kappa shape index (κ1) is 16.2. The maximum Gasteiger partial charge on any atom is 0.345 e. The second kappa shape index (κ2) is 5.91. The monoisotopic (exact) mass is 349 g/mol. The lowest BCUT2D eigenvalue weighted by atomic mass is 10.0. The zero-order valence-corrected chi connectivity index (χ0v) is 14.4. The molecular weight excluding hydrogens is 330 g/mol. The van der Waals surface area contributed by atoms with Crippen LogP contribution < -0.4 is 17.0 Å². The summed E-state index contributed by atoms with van der Waals surface area (Å²) in [5.74, 6) is -0.222. The highest BCUT2D eigenvalue weighted by Crippen LogP contribution is 2.41. The van der Waals surface area contributed by atoms with E-state index in [-0.39, 0.29) is 11.3 Å².